The van der Waals surface area contributed by atoms with Gasteiger partial charge in [0.25, 0.3) is 7.82 Å². The van der Waals surface area contributed by atoms with Crippen molar-refractivity contribution >= 4 is 19.8 Å². The number of aliphatic hydroxyl groups is 5. The highest BCUT2D eigenvalue weighted by atomic mass is 31.2. The van der Waals surface area contributed by atoms with Gasteiger partial charge in [-0.1, -0.05) is 196 Å². The molecule has 1 aliphatic rings. The lowest BCUT2D eigenvalue weighted by Crippen LogP contribution is -2.64. The van der Waals surface area contributed by atoms with Crippen LogP contribution < -0.4 is 11.0 Å². The molecule has 388 valence electrons. The number of unbranched alkanes of at least 4 members (excludes halogenated alkanes) is 17. The van der Waals surface area contributed by atoms with Crippen molar-refractivity contribution in [3.8, 4) is 0 Å². The molecule has 9 N–H and O–H groups in total. The van der Waals surface area contributed by atoms with Gasteiger partial charge in [-0.25, -0.2) is 0 Å². The third kappa shape index (κ3) is 35.1. The molecular formula is C52H92NO13P. The third-order valence-electron chi connectivity index (χ3n) is 11.3. The molecule has 1 rings (SSSR count). The second-order valence-electron chi connectivity index (χ2n) is 17.3. The van der Waals surface area contributed by atoms with Crippen LogP contribution in [0.2, 0.25) is 0 Å². The van der Waals surface area contributed by atoms with Crippen LogP contribution in [0.4, 0.5) is 0 Å². The molecule has 0 heterocycles. The predicted octanol–water partition coefficient (Wildman–Crippen LogP) is 10.4. The summed E-state index contributed by atoms with van der Waals surface area (Å²) in [6, 6.07) is 0. The molecule has 1 fully saturated rings. The number of carbonyl (C=O) groups is 2. The van der Waals surface area contributed by atoms with Crippen molar-refractivity contribution in [2.24, 2.45) is 0 Å². The number of esters is 2. The van der Waals surface area contributed by atoms with E-state index in [2.05, 4.69) is 68.5 Å². The highest BCUT2D eigenvalue weighted by Crippen LogP contribution is 2.43. The first-order valence-electron chi connectivity index (χ1n) is 25.2. The molecule has 0 radical (unpaired) electrons. The first-order chi connectivity index (χ1) is 31.9. The monoisotopic (exact) mass is 970 g/mol. The predicted molar refractivity (Wildman–Crippen MR) is 266 cm³/mol. The zero-order valence-corrected chi connectivity index (χ0v) is 42.3. The summed E-state index contributed by atoms with van der Waals surface area (Å²) in [4.78, 5) is 38.1. The number of hydrogen-bond donors (Lipinski definition) is 6. The van der Waals surface area contributed by atoms with Gasteiger partial charge in [-0.05, 0) is 51.4 Å². The van der Waals surface area contributed by atoms with Crippen LogP contribution in [-0.2, 0) is 32.7 Å². The molecule has 0 spiro atoms. The van der Waals surface area contributed by atoms with Gasteiger partial charge in [0.1, 0.15) is 43.2 Å². The fourth-order valence-electron chi connectivity index (χ4n) is 7.31. The van der Waals surface area contributed by atoms with Crippen LogP contribution in [0.5, 0.6) is 0 Å². The third-order valence-corrected chi connectivity index (χ3v) is 12.3. The van der Waals surface area contributed by atoms with E-state index in [9.17, 15) is 44.6 Å². The van der Waals surface area contributed by atoms with Gasteiger partial charge in [-0.2, -0.15) is 0 Å². The van der Waals surface area contributed by atoms with E-state index in [-0.39, 0.29) is 19.0 Å². The van der Waals surface area contributed by atoms with Gasteiger partial charge >= 0.3 is 11.9 Å². The number of ether oxygens (including phenoxy) is 2. The van der Waals surface area contributed by atoms with E-state index < -0.39 is 75.7 Å². The second kappa shape index (κ2) is 43.3. The van der Waals surface area contributed by atoms with E-state index in [4.69, 9.17) is 18.5 Å². The number of allylic oxidation sites excluding steroid dienone is 12. The Balaban J connectivity index is 0.0000436. The molecule has 15 heteroatoms. The average molecular weight is 970 g/mol. The van der Waals surface area contributed by atoms with E-state index in [1.165, 1.54) is 89.9 Å². The highest BCUT2D eigenvalue weighted by Gasteiger charge is 2.50. The van der Waals surface area contributed by atoms with Crippen molar-refractivity contribution in [3.05, 3.63) is 72.9 Å². The van der Waals surface area contributed by atoms with E-state index in [0.29, 0.717) is 19.3 Å². The minimum Gasteiger partial charge on any atom is -0.756 e. The van der Waals surface area contributed by atoms with Crippen molar-refractivity contribution in [2.45, 2.75) is 230 Å². The largest absolute Gasteiger partial charge is 0.756 e. The van der Waals surface area contributed by atoms with Crippen molar-refractivity contribution in [3.63, 3.8) is 0 Å². The van der Waals surface area contributed by atoms with Crippen LogP contribution in [0.3, 0.4) is 0 Å². The zero-order chi connectivity index (χ0) is 48.5. The van der Waals surface area contributed by atoms with Gasteiger partial charge in [0.05, 0.1) is 6.61 Å². The number of rotatable bonds is 41. The molecule has 67 heavy (non-hydrogen) atoms. The van der Waals surface area contributed by atoms with Crippen molar-refractivity contribution in [1.29, 1.82) is 0 Å². The van der Waals surface area contributed by atoms with Gasteiger partial charge in [0, 0.05) is 12.8 Å². The van der Waals surface area contributed by atoms with Crippen LogP contribution in [0.25, 0.3) is 0 Å². The van der Waals surface area contributed by atoms with E-state index >= 15 is 0 Å². The van der Waals surface area contributed by atoms with Gasteiger partial charge in [-0.15, -0.1) is 0 Å². The fraction of sp³-hybridized carbons (Fsp3) is 0.731. The first kappa shape index (κ1) is 64.2. The smallest absolute Gasteiger partial charge is 0.306 e. The number of hydrogen-bond acceptors (Lipinski definition) is 13. The Bertz CT molecular complexity index is 1430. The standard InChI is InChI=1S/C52H89O13P.H3N/c1-3-5-7-9-11-13-15-17-19-21-23-25-27-29-31-33-35-37-39-41-46(54)64-44(43-63-66(60,61)65-52-50(58)48(56)47(55)49(57)51(52)59)42-62-45(53)40-38-36-34-32-30-28-26-24-22-20-18-16-14-12-10-8-6-4-2;/h5,7,11,13,17,19,23,25,29,31,35,37,44,47-52,55-59H,3-4,6,8-10,12,14-16,18,20-22,24,26-28,30,32-34,36,38-43H2,1-2H3,(H,60,61);1H3/b7-5-,13-11-,19-17-,25-23-,31-29-,37-35-;/t44-,47?,48-,49?,50?,51?,52?;/m1./s1. The van der Waals surface area contributed by atoms with Crippen molar-refractivity contribution in [2.75, 3.05) is 13.2 Å². The van der Waals surface area contributed by atoms with Gasteiger partial charge in [0.15, 0.2) is 6.10 Å². The highest BCUT2D eigenvalue weighted by molar-refractivity contribution is 7.45. The summed E-state index contributed by atoms with van der Waals surface area (Å²) in [5.74, 6) is -1.23. The molecule has 14 nitrogen and oxygen atoms in total. The summed E-state index contributed by atoms with van der Waals surface area (Å²) >= 11 is 0. The number of phosphoric ester groups is 1. The second-order valence-corrected chi connectivity index (χ2v) is 18.6. The molecule has 0 saturated heterocycles. The van der Waals surface area contributed by atoms with E-state index in [1.54, 1.807) is 0 Å². The molecule has 1 aliphatic carbocycles. The van der Waals surface area contributed by atoms with Crippen LogP contribution in [0.15, 0.2) is 72.9 Å². The Morgan fingerprint density at radius 3 is 1.30 bits per heavy atom. The number of carbonyl (C=O) groups excluding carboxylic acids is 2. The molecule has 0 amide bonds. The lowest BCUT2D eigenvalue weighted by molar-refractivity contribution is -0.261. The minimum absolute atomic E-state index is 0. The molecule has 6 unspecified atom stereocenters. The summed E-state index contributed by atoms with van der Waals surface area (Å²) in [5, 5.41) is 50.1. The topological polar surface area (TPSA) is 249 Å². The fourth-order valence-corrected chi connectivity index (χ4v) is 8.26. The Hall–Kier alpha value is -2.75. The van der Waals surface area contributed by atoms with Crippen LogP contribution >= 0.6 is 7.82 Å². The Kier molecular flexibility index (Phi) is 41.5. The maximum Gasteiger partial charge on any atom is 0.306 e. The Morgan fingerprint density at radius 2 is 0.881 bits per heavy atom. The minimum atomic E-state index is -5.39. The molecule has 0 aromatic rings. The van der Waals surface area contributed by atoms with Gasteiger partial charge < -0.3 is 55.1 Å². The summed E-state index contributed by atoms with van der Waals surface area (Å²) in [7, 11) is -5.39. The molecular weight excluding hydrogens is 878 g/mol. The number of aliphatic hydroxyl groups excluding tert-OH is 5. The first-order valence-corrected chi connectivity index (χ1v) is 26.7. The normalized spacial score (nSPS) is 21.6. The summed E-state index contributed by atoms with van der Waals surface area (Å²) in [6.07, 6.45) is 39.2. The molecule has 0 aromatic carbocycles. The molecule has 0 aromatic heterocycles. The van der Waals surface area contributed by atoms with E-state index in [1.807, 2.05) is 18.2 Å². The van der Waals surface area contributed by atoms with Gasteiger partial charge in [-0.3, -0.25) is 14.2 Å². The SMILES string of the molecule is CC/C=C\C/C=C\C/C=C\C/C=C\C/C=C\C/C=C\CCC(=O)O[C@H](COC(=O)CCCCCCCCCCCCCCCCCCCC)COP(=O)([O-])OC1C(O)C(O)C(O)[C@@H](O)C1O.[NH4+]. The Labute approximate surface area is 403 Å². The van der Waals surface area contributed by atoms with Crippen molar-refractivity contribution < 1.29 is 63.1 Å². The van der Waals surface area contributed by atoms with Crippen LogP contribution in [0.1, 0.15) is 187 Å². The maximum atomic E-state index is 12.8. The lowest BCUT2D eigenvalue weighted by Gasteiger charge is -2.43. The average Bonchev–Trinajstić information content (AvgIpc) is 3.30. The Morgan fingerprint density at radius 1 is 0.507 bits per heavy atom. The number of quaternary nitrogens is 1. The lowest BCUT2D eigenvalue weighted by atomic mass is 9.85. The van der Waals surface area contributed by atoms with Crippen LogP contribution in [0, 0.1) is 0 Å². The van der Waals surface area contributed by atoms with Gasteiger partial charge in [0.2, 0.25) is 0 Å². The molecule has 0 aliphatic heterocycles. The molecule has 1 saturated carbocycles. The summed E-state index contributed by atoms with van der Waals surface area (Å²) in [6.45, 7) is 3.05. The quantitative estimate of drug-likeness (QED) is 0.0145. The molecule has 0 bridgehead atoms. The molecule has 8 atom stereocenters. The van der Waals surface area contributed by atoms with E-state index in [0.717, 1.165) is 51.4 Å². The summed E-state index contributed by atoms with van der Waals surface area (Å²) in [5.41, 5.74) is 0. The van der Waals surface area contributed by atoms with Crippen molar-refractivity contribution in [1.82, 2.24) is 6.15 Å². The number of phosphoric acid groups is 1. The maximum absolute atomic E-state index is 12.8. The summed E-state index contributed by atoms with van der Waals surface area (Å²) < 4.78 is 33.1. The van der Waals surface area contributed by atoms with Crippen LogP contribution in [-0.4, -0.2) is 93.4 Å². The zero-order valence-electron chi connectivity index (χ0n) is 41.4.